The van der Waals surface area contributed by atoms with Crippen molar-refractivity contribution in [3.63, 3.8) is 0 Å². The first-order chi connectivity index (χ1) is 17.4. The molecule has 0 saturated heterocycles. The van der Waals surface area contributed by atoms with Crippen molar-refractivity contribution in [1.29, 1.82) is 0 Å². The molecule has 1 aliphatic heterocycles. The third-order valence-corrected chi connectivity index (χ3v) is 6.80. The number of likely N-dealkylation sites (N-methyl/N-ethyl adjacent to an activating group) is 1. The summed E-state index contributed by atoms with van der Waals surface area (Å²) in [5, 5.41) is 9.22. The average Bonchev–Trinajstić information content (AvgIpc) is 2.83. The summed E-state index contributed by atoms with van der Waals surface area (Å²) in [5.74, 6) is -5.41. The van der Waals surface area contributed by atoms with Gasteiger partial charge < -0.3 is 14.7 Å². The molecular formula is C27H22ClF4NO4. The van der Waals surface area contributed by atoms with Gasteiger partial charge in [0.05, 0.1) is 17.2 Å². The highest BCUT2D eigenvalue weighted by molar-refractivity contribution is 6.31. The summed E-state index contributed by atoms with van der Waals surface area (Å²) in [6, 6.07) is 12.0. The second-order valence-electron chi connectivity index (χ2n) is 8.70. The van der Waals surface area contributed by atoms with Crippen LogP contribution in [0.15, 0.2) is 54.6 Å². The Morgan fingerprint density at radius 1 is 1.11 bits per heavy atom. The van der Waals surface area contributed by atoms with Gasteiger partial charge in [-0.3, -0.25) is 4.79 Å². The summed E-state index contributed by atoms with van der Waals surface area (Å²) in [6.45, 7) is 3.25. The number of anilines is 1. The molecule has 10 heteroatoms. The Morgan fingerprint density at radius 2 is 1.78 bits per heavy atom. The molecule has 2 unspecified atom stereocenters. The molecule has 0 saturated carbocycles. The smallest absolute Gasteiger partial charge is 0.396 e. The van der Waals surface area contributed by atoms with Crippen LogP contribution in [-0.4, -0.2) is 36.3 Å². The van der Waals surface area contributed by atoms with Gasteiger partial charge in [-0.05, 0) is 65.4 Å². The van der Waals surface area contributed by atoms with Gasteiger partial charge in [-0.1, -0.05) is 42.8 Å². The number of alkyl halides is 3. The lowest BCUT2D eigenvalue weighted by molar-refractivity contribution is -0.154. The molecule has 0 radical (unpaired) electrons. The number of carboxylic acid groups (broad SMARTS) is 1. The molecule has 0 fully saturated rings. The highest BCUT2D eigenvalue weighted by Crippen LogP contribution is 2.48. The Kier molecular flexibility index (Phi) is 7.19. The molecule has 0 aromatic heterocycles. The second-order valence-corrected chi connectivity index (χ2v) is 9.11. The van der Waals surface area contributed by atoms with Crippen LogP contribution in [0.2, 0.25) is 5.02 Å². The molecule has 37 heavy (non-hydrogen) atoms. The van der Waals surface area contributed by atoms with E-state index in [1.54, 1.807) is 6.92 Å². The number of aromatic carboxylic acids is 1. The summed E-state index contributed by atoms with van der Waals surface area (Å²) in [4.78, 5) is 24.8. The van der Waals surface area contributed by atoms with Crippen molar-refractivity contribution in [1.82, 2.24) is 0 Å². The molecule has 4 rings (SSSR count). The van der Waals surface area contributed by atoms with Gasteiger partial charge >= 0.3 is 12.1 Å². The third-order valence-electron chi connectivity index (χ3n) is 6.48. The Bertz CT molecular complexity index is 1370. The molecular weight excluding hydrogens is 514 g/mol. The van der Waals surface area contributed by atoms with Crippen LogP contribution >= 0.6 is 11.6 Å². The van der Waals surface area contributed by atoms with Gasteiger partial charge in [0.15, 0.2) is 6.61 Å². The van der Waals surface area contributed by atoms with Crippen LogP contribution in [0.4, 0.5) is 23.2 Å². The zero-order valence-electron chi connectivity index (χ0n) is 19.8. The summed E-state index contributed by atoms with van der Waals surface area (Å²) in [5.41, 5.74) is 0.719. The third kappa shape index (κ3) is 5.13. The van der Waals surface area contributed by atoms with E-state index in [0.717, 1.165) is 12.1 Å². The van der Waals surface area contributed by atoms with Gasteiger partial charge in [0.2, 0.25) is 0 Å². The number of fused-ring (bicyclic) bond motifs is 1. The first kappa shape index (κ1) is 26.5. The van der Waals surface area contributed by atoms with E-state index >= 15 is 0 Å². The van der Waals surface area contributed by atoms with Crippen molar-refractivity contribution in [3.8, 4) is 16.9 Å². The van der Waals surface area contributed by atoms with Crippen LogP contribution in [0.3, 0.4) is 0 Å². The van der Waals surface area contributed by atoms with Crippen LogP contribution in [0.25, 0.3) is 11.1 Å². The molecule has 0 spiro atoms. The first-order valence-electron chi connectivity index (χ1n) is 11.4. The lowest BCUT2D eigenvalue weighted by Gasteiger charge is -2.32. The Hall–Kier alpha value is -3.59. The number of halogens is 5. The molecule has 0 bridgehead atoms. The first-order valence-corrected chi connectivity index (χ1v) is 11.8. The van der Waals surface area contributed by atoms with Crippen molar-refractivity contribution in [3.05, 3.63) is 82.1 Å². The van der Waals surface area contributed by atoms with E-state index in [-0.39, 0.29) is 40.9 Å². The van der Waals surface area contributed by atoms with E-state index in [9.17, 15) is 32.3 Å². The summed E-state index contributed by atoms with van der Waals surface area (Å²) < 4.78 is 62.4. The number of amides is 1. The fraction of sp³-hybridized carbons (Fsp3) is 0.259. The van der Waals surface area contributed by atoms with Crippen LogP contribution in [-0.2, 0) is 4.79 Å². The highest BCUT2D eigenvalue weighted by atomic mass is 35.5. The van der Waals surface area contributed by atoms with E-state index in [1.165, 1.54) is 54.3 Å². The molecule has 3 aromatic carbocycles. The van der Waals surface area contributed by atoms with Gasteiger partial charge in [0.1, 0.15) is 11.6 Å². The Labute approximate surface area is 215 Å². The van der Waals surface area contributed by atoms with Gasteiger partial charge in [0.25, 0.3) is 5.91 Å². The average molecular weight is 536 g/mol. The number of nitrogens with zero attached hydrogens (tertiary/aromatic N) is 1. The van der Waals surface area contributed by atoms with Crippen molar-refractivity contribution in [2.24, 2.45) is 0 Å². The number of hydrogen-bond acceptors (Lipinski definition) is 3. The van der Waals surface area contributed by atoms with E-state index in [1.807, 2.05) is 0 Å². The molecule has 5 nitrogen and oxygen atoms in total. The maximum atomic E-state index is 14.4. The minimum absolute atomic E-state index is 0.0414. The van der Waals surface area contributed by atoms with Gasteiger partial charge in [0, 0.05) is 11.6 Å². The molecule has 3 aromatic rings. The lowest BCUT2D eigenvalue weighted by Crippen LogP contribution is -2.38. The summed E-state index contributed by atoms with van der Waals surface area (Å²) in [7, 11) is 0. The van der Waals surface area contributed by atoms with Gasteiger partial charge in [-0.25, -0.2) is 9.18 Å². The van der Waals surface area contributed by atoms with Crippen LogP contribution in [0, 0.1) is 5.82 Å². The monoisotopic (exact) mass is 535 g/mol. The Balaban J connectivity index is 1.73. The SMILES string of the molecule is CCN1C(=O)COc2ccc(C(C(C)c3ccc(-c4ccc(F)c(C(=O)O)c4)cc3Cl)C(F)(F)F)cc21. The minimum atomic E-state index is -4.64. The van der Waals surface area contributed by atoms with Crippen LogP contribution < -0.4 is 9.64 Å². The Morgan fingerprint density at radius 3 is 2.41 bits per heavy atom. The predicted octanol–water partition coefficient (Wildman–Crippen LogP) is 7.04. The predicted molar refractivity (Wildman–Crippen MR) is 131 cm³/mol. The van der Waals surface area contributed by atoms with E-state index in [0.29, 0.717) is 16.9 Å². The number of rotatable bonds is 6. The highest BCUT2D eigenvalue weighted by Gasteiger charge is 2.45. The fourth-order valence-electron chi connectivity index (χ4n) is 4.64. The maximum Gasteiger partial charge on any atom is 0.396 e. The summed E-state index contributed by atoms with van der Waals surface area (Å²) >= 11 is 6.44. The summed E-state index contributed by atoms with van der Waals surface area (Å²) in [6.07, 6.45) is -4.64. The van der Waals surface area contributed by atoms with Gasteiger partial charge in [-0.2, -0.15) is 13.2 Å². The van der Waals surface area contributed by atoms with E-state index in [2.05, 4.69) is 0 Å². The zero-order chi connectivity index (χ0) is 27.1. The second kappa shape index (κ2) is 10.0. The topological polar surface area (TPSA) is 66.8 Å². The molecule has 1 aliphatic rings. The maximum absolute atomic E-state index is 14.4. The number of hydrogen-bond donors (Lipinski definition) is 1. The molecule has 2 atom stereocenters. The van der Waals surface area contributed by atoms with E-state index < -0.39 is 35.4 Å². The lowest BCUT2D eigenvalue weighted by atomic mass is 9.81. The normalized spacial score (nSPS) is 15.1. The van der Waals surface area contributed by atoms with E-state index in [4.69, 9.17) is 16.3 Å². The number of carbonyl (C=O) groups excluding carboxylic acids is 1. The number of benzene rings is 3. The van der Waals surface area contributed by atoms with Gasteiger partial charge in [-0.15, -0.1) is 0 Å². The fourth-order valence-corrected chi connectivity index (χ4v) is 5.00. The van der Waals surface area contributed by atoms with Crippen molar-refractivity contribution in [2.75, 3.05) is 18.1 Å². The van der Waals surface area contributed by atoms with Crippen LogP contribution in [0.1, 0.15) is 47.2 Å². The molecule has 194 valence electrons. The standard InChI is InChI=1S/C27H22ClF4NO4/c1-3-33-22-12-17(6-9-23(22)37-13-24(33)34)25(27(30,31)32)14(2)18-7-4-16(11-20(18)28)15-5-8-21(29)19(10-15)26(35)36/h4-12,14,25H,3,13H2,1-2H3,(H,35,36). The largest absolute Gasteiger partial charge is 0.482 e. The number of carbonyl (C=O) groups is 2. The van der Waals surface area contributed by atoms with Crippen LogP contribution in [0.5, 0.6) is 5.75 Å². The van der Waals surface area contributed by atoms with Crippen molar-refractivity contribution in [2.45, 2.75) is 31.9 Å². The molecule has 1 amide bonds. The molecule has 1 N–H and O–H groups in total. The number of ether oxygens (including phenoxy) is 1. The quantitative estimate of drug-likeness (QED) is 0.344. The van der Waals surface area contributed by atoms with Crippen molar-refractivity contribution >= 4 is 29.2 Å². The van der Waals surface area contributed by atoms with Crippen molar-refractivity contribution < 1.29 is 37.0 Å². The zero-order valence-corrected chi connectivity index (χ0v) is 20.5. The minimum Gasteiger partial charge on any atom is -0.482 e. The number of carboxylic acids is 1. The molecule has 1 heterocycles. The molecule has 0 aliphatic carbocycles.